The highest BCUT2D eigenvalue weighted by atomic mass is 16.6. The van der Waals surface area contributed by atoms with Crippen LogP contribution in [0, 0.1) is 0 Å². The molecule has 0 aliphatic rings. The van der Waals surface area contributed by atoms with Gasteiger partial charge in [0.2, 0.25) is 0 Å². The summed E-state index contributed by atoms with van der Waals surface area (Å²) in [4.78, 5) is 11.3. The Bertz CT molecular complexity index is 237. The van der Waals surface area contributed by atoms with Crippen LogP contribution in [0.3, 0.4) is 0 Å². The van der Waals surface area contributed by atoms with E-state index in [2.05, 4.69) is 5.73 Å². The Morgan fingerprint density at radius 1 is 1.46 bits per heavy atom. The fourth-order valence-electron chi connectivity index (χ4n) is 0.669. The van der Waals surface area contributed by atoms with E-state index in [4.69, 9.17) is 4.74 Å². The number of hydrogen-bond acceptors (Lipinski definition) is 2. The summed E-state index contributed by atoms with van der Waals surface area (Å²) < 4.78 is 5.14. The first-order valence-electron chi connectivity index (χ1n) is 4.52. The minimum Gasteiger partial charge on any atom is -0.456 e. The van der Waals surface area contributed by atoms with Gasteiger partial charge in [0.25, 0.3) is 0 Å². The zero-order valence-corrected chi connectivity index (χ0v) is 9.10. The van der Waals surface area contributed by atoms with Gasteiger partial charge < -0.3 is 4.74 Å². The SMILES string of the molecule is CCC=C=C(C)C(=O)OC(C)(C)C. The molecule has 0 rings (SSSR count). The van der Waals surface area contributed by atoms with Gasteiger partial charge in [-0.2, -0.15) is 0 Å². The summed E-state index contributed by atoms with van der Waals surface area (Å²) in [5.74, 6) is -0.294. The number of carbonyl (C=O) groups is 1. The predicted octanol–water partition coefficient (Wildman–Crippen LogP) is 2.84. The molecule has 74 valence electrons. The van der Waals surface area contributed by atoms with E-state index in [0.29, 0.717) is 5.57 Å². The van der Waals surface area contributed by atoms with Crippen molar-refractivity contribution in [2.75, 3.05) is 0 Å². The van der Waals surface area contributed by atoms with Crippen molar-refractivity contribution < 1.29 is 9.53 Å². The molecular formula is C11H18O2. The Morgan fingerprint density at radius 3 is 2.38 bits per heavy atom. The molecule has 2 heteroatoms. The van der Waals surface area contributed by atoms with Crippen molar-refractivity contribution in [1.29, 1.82) is 0 Å². The number of rotatable bonds is 2. The van der Waals surface area contributed by atoms with E-state index < -0.39 is 5.60 Å². The third-order valence-electron chi connectivity index (χ3n) is 1.23. The standard InChI is InChI=1S/C11H18O2/c1-6-7-8-9(2)10(12)13-11(3,4)5/h7H,6H2,1-5H3. The Kier molecular flexibility index (Phi) is 4.50. The molecule has 0 spiro atoms. The van der Waals surface area contributed by atoms with Crippen molar-refractivity contribution in [3.8, 4) is 0 Å². The molecule has 0 aromatic rings. The summed E-state index contributed by atoms with van der Waals surface area (Å²) in [5.41, 5.74) is 2.97. The minimum absolute atomic E-state index is 0.294. The highest BCUT2D eigenvalue weighted by Gasteiger charge is 2.16. The van der Waals surface area contributed by atoms with Crippen LogP contribution in [0.1, 0.15) is 41.0 Å². The largest absolute Gasteiger partial charge is 0.456 e. The lowest BCUT2D eigenvalue weighted by Crippen LogP contribution is -2.24. The van der Waals surface area contributed by atoms with E-state index >= 15 is 0 Å². The summed E-state index contributed by atoms with van der Waals surface area (Å²) >= 11 is 0. The number of ether oxygens (including phenoxy) is 1. The molecule has 0 N–H and O–H groups in total. The van der Waals surface area contributed by atoms with Gasteiger partial charge in [0.1, 0.15) is 5.60 Å². The molecule has 0 unspecified atom stereocenters. The second kappa shape index (κ2) is 4.88. The van der Waals surface area contributed by atoms with Crippen LogP contribution in [0.25, 0.3) is 0 Å². The van der Waals surface area contributed by atoms with Gasteiger partial charge in [0.05, 0.1) is 5.57 Å². The van der Waals surface area contributed by atoms with Crippen LogP contribution in [0.15, 0.2) is 17.4 Å². The molecule has 2 nitrogen and oxygen atoms in total. The van der Waals surface area contributed by atoms with Gasteiger partial charge in [-0.15, -0.1) is 5.73 Å². The van der Waals surface area contributed by atoms with Crippen molar-refractivity contribution in [1.82, 2.24) is 0 Å². The average molecular weight is 182 g/mol. The zero-order chi connectivity index (χ0) is 10.5. The summed E-state index contributed by atoms with van der Waals surface area (Å²) in [6.07, 6.45) is 2.69. The zero-order valence-electron chi connectivity index (χ0n) is 9.10. The molecule has 0 heterocycles. The monoisotopic (exact) mass is 182 g/mol. The molecule has 0 saturated carbocycles. The lowest BCUT2D eigenvalue weighted by atomic mass is 10.2. The smallest absolute Gasteiger partial charge is 0.342 e. The van der Waals surface area contributed by atoms with Crippen LogP contribution in [0.2, 0.25) is 0 Å². The van der Waals surface area contributed by atoms with Crippen molar-refractivity contribution in [3.63, 3.8) is 0 Å². The van der Waals surface area contributed by atoms with Crippen LogP contribution in [0.5, 0.6) is 0 Å². The van der Waals surface area contributed by atoms with E-state index in [-0.39, 0.29) is 5.97 Å². The number of hydrogen-bond donors (Lipinski definition) is 0. The van der Waals surface area contributed by atoms with Crippen LogP contribution < -0.4 is 0 Å². The molecule has 0 bridgehead atoms. The molecule has 0 aliphatic carbocycles. The maximum atomic E-state index is 11.3. The van der Waals surface area contributed by atoms with E-state index in [1.165, 1.54) is 0 Å². The third-order valence-corrected chi connectivity index (χ3v) is 1.23. The first-order chi connectivity index (χ1) is 5.87. The van der Waals surface area contributed by atoms with Crippen molar-refractivity contribution in [2.24, 2.45) is 0 Å². The Labute approximate surface area is 80.3 Å². The summed E-state index contributed by atoms with van der Waals surface area (Å²) in [5, 5.41) is 0. The summed E-state index contributed by atoms with van der Waals surface area (Å²) in [7, 11) is 0. The highest BCUT2D eigenvalue weighted by Crippen LogP contribution is 2.09. The highest BCUT2D eigenvalue weighted by molar-refractivity contribution is 5.87. The average Bonchev–Trinajstić information content (AvgIpc) is 1.96. The van der Waals surface area contributed by atoms with E-state index in [9.17, 15) is 4.79 Å². The lowest BCUT2D eigenvalue weighted by molar-refractivity contribution is -0.149. The van der Waals surface area contributed by atoms with Gasteiger partial charge in [-0.25, -0.2) is 4.79 Å². The van der Waals surface area contributed by atoms with Crippen LogP contribution in [-0.4, -0.2) is 11.6 Å². The van der Waals surface area contributed by atoms with Gasteiger partial charge in [-0.3, -0.25) is 0 Å². The maximum absolute atomic E-state index is 11.3. The van der Waals surface area contributed by atoms with Gasteiger partial charge in [0, 0.05) is 0 Å². The van der Waals surface area contributed by atoms with Gasteiger partial charge in [-0.05, 0) is 40.2 Å². The quantitative estimate of drug-likeness (QED) is 0.373. The van der Waals surface area contributed by atoms with Crippen LogP contribution in [-0.2, 0) is 9.53 Å². The van der Waals surface area contributed by atoms with Crippen molar-refractivity contribution in [2.45, 2.75) is 46.6 Å². The van der Waals surface area contributed by atoms with Gasteiger partial charge in [0.15, 0.2) is 0 Å². The molecule has 0 atom stereocenters. The second-order valence-corrected chi connectivity index (χ2v) is 3.88. The van der Waals surface area contributed by atoms with Crippen LogP contribution in [0.4, 0.5) is 0 Å². The predicted molar refractivity (Wildman–Crippen MR) is 53.4 cm³/mol. The van der Waals surface area contributed by atoms with E-state index in [0.717, 1.165) is 6.42 Å². The molecule has 0 radical (unpaired) electrons. The molecule has 0 aromatic carbocycles. The molecule has 13 heavy (non-hydrogen) atoms. The molecule has 0 aliphatic heterocycles. The summed E-state index contributed by atoms with van der Waals surface area (Å²) in [6, 6.07) is 0. The second-order valence-electron chi connectivity index (χ2n) is 3.88. The maximum Gasteiger partial charge on any atom is 0.342 e. The fraction of sp³-hybridized carbons (Fsp3) is 0.636. The Balaban J connectivity index is 4.37. The Hall–Kier alpha value is -1.01. The first-order valence-corrected chi connectivity index (χ1v) is 4.52. The molecule has 0 aromatic heterocycles. The Morgan fingerprint density at radius 2 is 2.00 bits per heavy atom. The molecule has 0 saturated heterocycles. The lowest BCUT2D eigenvalue weighted by Gasteiger charge is -2.18. The normalized spacial score (nSPS) is 10.2. The van der Waals surface area contributed by atoms with Crippen molar-refractivity contribution in [3.05, 3.63) is 17.4 Å². The minimum atomic E-state index is -0.424. The number of carbonyl (C=O) groups excluding carboxylic acids is 1. The first kappa shape index (κ1) is 12.0. The number of esters is 1. The van der Waals surface area contributed by atoms with E-state index in [1.54, 1.807) is 6.92 Å². The topological polar surface area (TPSA) is 26.3 Å². The van der Waals surface area contributed by atoms with Crippen molar-refractivity contribution >= 4 is 5.97 Å². The van der Waals surface area contributed by atoms with Crippen LogP contribution >= 0.6 is 0 Å². The fourth-order valence-corrected chi connectivity index (χ4v) is 0.669. The van der Waals surface area contributed by atoms with E-state index in [1.807, 2.05) is 33.8 Å². The van der Waals surface area contributed by atoms with Gasteiger partial charge >= 0.3 is 5.97 Å². The van der Waals surface area contributed by atoms with Gasteiger partial charge in [-0.1, -0.05) is 6.92 Å². The molecular weight excluding hydrogens is 164 g/mol. The summed E-state index contributed by atoms with van der Waals surface area (Å²) in [6.45, 7) is 9.25. The molecule has 0 fully saturated rings. The molecule has 0 amide bonds. The third kappa shape index (κ3) is 6.18.